The van der Waals surface area contributed by atoms with Gasteiger partial charge in [0.05, 0.1) is 6.61 Å². The first-order valence-electron chi connectivity index (χ1n) is 5.02. The number of fused-ring (bicyclic) bond motifs is 1. The van der Waals surface area contributed by atoms with Crippen molar-refractivity contribution in [1.82, 2.24) is 4.98 Å². The minimum Gasteiger partial charge on any atom is -0.395 e. The molecule has 0 radical (unpaired) electrons. The summed E-state index contributed by atoms with van der Waals surface area (Å²) >= 11 is 0. The van der Waals surface area contributed by atoms with Gasteiger partial charge in [0.2, 0.25) is 5.56 Å². The average molecular weight is 213 g/mol. The van der Waals surface area contributed by atoms with Crippen LogP contribution in [0.15, 0.2) is 35.3 Å². The van der Waals surface area contributed by atoms with Crippen LogP contribution in [0.3, 0.4) is 0 Å². The van der Waals surface area contributed by atoms with Crippen LogP contribution < -0.4 is 5.56 Å². The van der Waals surface area contributed by atoms with Crippen LogP contribution in [0.5, 0.6) is 0 Å². The van der Waals surface area contributed by atoms with E-state index < -0.39 is 0 Å². The average Bonchev–Trinajstić information content (AvgIpc) is 2.29. The van der Waals surface area contributed by atoms with Crippen molar-refractivity contribution in [2.45, 2.75) is 6.42 Å². The lowest BCUT2D eigenvalue weighted by Gasteiger charge is -1.96. The van der Waals surface area contributed by atoms with Crippen LogP contribution in [-0.2, 0) is 0 Å². The maximum Gasteiger partial charge on any atom is 0.248 e. The number of aromatic amines is 1. The van der Waals surface area contributed by atoms with E-state index in [0.717, 1.165) is 16.3 Å². The molecule has 80 valence electrons. The molecule has 16 heavy (non-hydrogen) atoms. The van der Waals surface area contributed by atoms with Gasteiger partial charge in [-0.25, -0.2) is 0 Å². The monoisotopic (exact) mass is 213 g/mol. The fraction of sp³-hybridized carbons (Fsp3) is 0.154. The molecule has 1 aromatic carbocycles. The second kappa shape index (κ2) is 4.65. The van der Waals surface area contributed by atoms with Crippen molar-refractivity contribution in [3.8, 4) is 11.8 Å². The number of pyridine rings is 1. The molecule has 2 rings (SSSR count). The number of aromatic nitrogens is 1. The van der Waals surface area contributed by atoms with Gasteiger partial charge in [0.1, 0.15) is 0 Å². The quantitative estimate of drug-likeness (QED) is 0.701. The smallest absolute Gasteiger partial charge is 0.248 e. The van der Waals surface area contributed by atoms with Crippen molar-refractivity contribution >= 4 is 10.8 Å². The maximum absolute atomic E-state index is 11.1. The van der Waals surface area contributed by atoms with Gasteiger partial charge < -0.3 is 10.1 Å². The Morgan fingerprint density at radius 1 is 1.25 bits per heavy atom. The maximum atomic E-state index is 11.1. The van der Waals surface area contributed by atoms with Crippen molar-refractivity contribution in [1.29, 1.82) is 0 Å². The number of H-pyrrole nitrogens is 1. The highest BCUT2D eigenvalue weighted by molar-refractivity contribution is 5.82. The Kier molecular flexibility index (Phi) is 3.04. The number of rotatable bonds is 1. The summed E-state index contributed by atoms with van der Waals surface area (Å²) in [5.74, 6) is 5.78. The summed E-state index contributed by atoms with van der Waals surface area (Å²) < 4.78 is 0. The van der Waals surface area contributed by atoms with Gasteiger partial charge in [-0.15, -0.1) is 0 Å². The summed E-state index contributed by atoms with van der Waals surface area (Å²) in [6.07, 6.45) is 2.15. The molecule has 0 saturated heterocycles. The van der Waals surface area contributed by atoms with Crippen LogP contribution >= 0.6 is 0 Å². The van der Waals surface area contributed by atoms with E-state index in [9.17, 15) is 4.79 Å². The van der Waals surface area contributed by atoms with Crippen LogP contribution in [-0.4, -0.2) is 16.7 Å². The predicted octanol–water partition coefficient (Wildman–Crippen LogP) is 1.26. The Labute approximate surface area is 92.7 Å². The zero-order chi connectivity index (χ0) is 11.4. The summed E-state index contributed by atoms with van der Waals surface area (Å²) in [6, 6.07) is 7.22. The van der Waals surface area contributed by atoms with E-state index in [-0.39, 0.29) is 12.2 Å². The van der Waals surface area contributed by atoms with Gasteiger partial charge >= 0.3 is 0 Å². The molecule has 1 heterocycles. The number of nitrogens with one attached hydrogen (secondary N) is 1. The molecule has 0 aliphatic rings. The first kappa shape index (κ1) is 10.5. The van der Waals surface area contributed by atoms with E-state index in [0.29, 0.717) is 6.42 Å². The van der Waals surface area contributed by atoms with Crippen molar-refractivity contribution < 1.29 is 5.11 Å². The number of hydrogen-bond donors (Lipinski definition) is 2. The van der Waals surface area contributed by atoms with Gasteiger partial charge in [-0.3, -0.25) is 4.79 Å². The highest BCUT2D eigenvalue weighted by Gasteiger charge is 1.95. The molecule has 3 nitrogen and oxygen atoms in total. The molecule has 2 aromatic rings. The first-order chi connectivity index (χ1) is 7.79. The molecule has 0 fully saturated rings. The fourth-order valence-corrected chi connectivity index (χ4v) is 1.46. The van der Waals surface area contributed by atoms with Crippen molar-refractivity contribution in [3.63, 3.8) is 0 Å². The SMILES string of the molecule is O=c1cc2cc(C#CCCO)ccc2c[nH]1. The van der Waals surface area contributed by atoms with Crippen LogP contribution in [0, 0.1) is 11.8 Å². The molecule has 3 heteroatoms. The lowest BCUT2D eigenvalue weighted by atomic mass is 10.1. The second-order valence-electron chi connectivity index (χ2n) is 3.42. The molecule has 2 N–H and O–H groups in total. The van der Waals surface area contributed by atoms with Crippen molar-refractivity contribution in [2.75, 3.05) is 6.61 Å². The Balaban J connectivity index is 2.44. The lowest BCUT2D eigenvalue weighted by molar-refractivity contribution is 0.305. The molecule has 0 saturated carbocycles. The van der Waals surface area contributed by atoms with Crippen molar-refractivity contribution in [2.24, 2.45) is 0 Å². The Morgan fingerprint density at radius 3 is 2.94 bits per heavy atom. The third-order valence-corrected chi connectivity index (χ3v) is 2.21. The molecular weight excluding hydrogens is 202 g/mol. The first-order valence-corrected chi connectivity index (χ1v) is 5.02. The standard InChI is InChI=1S/C13H11NO2/c15-6-2-1-3-10-4-5-11-9-14-13(16)8-12(11)7-10/h4-5,7-9,15H,2,6H2,(H,14,16). The third-order valence-electron chi connectivity index (χ3n) is 2.21. The normalized spacial score (nSPS) is 9.81. The summed E-state index contributed by atoms with van der Waals surface area (Å²) in [5.41, 5.74) is 0.736. The molecule has 0 aliphatic heterocycles. The highest BCUT2D eigenvalue weighted by atomic mass is 16.2. The Morgan fingerprint density at radius 2 is 2.12 bits per heavy atom. The third kappa shape index (κ3) is 2.30. The summed E-state index contributed by atoms with van der Waals surface area (Å²) in [4.78, 5) is 13.8. The molecule has 0 aliphatic carbocycles. The second-order valence-corrected chi connectivity index (χ2v) is 3.42. The van der Waals surface area contributed by atoms with Crippen LogP contribution in [0.1, 0.15) is 12.0 Å². The fourth-order valence-electron chi connectivity index (χ4n) is 1.46. The summed E-state index contributed by atoms with van der Waals surface area (Å²) in [6.45, 7) is 0.0697. The number of benzene rings is 1. The van der Waals surface area contributed by atoms with E-state index in [1.54, 1.807) is 12.3 Å². The van der Waals surface area contributed by atoms with Gasteiger partial charge in [-0.05, 0) is 22.9 Å². The molecule has 0 amide bonds. The number of aliphatic hydroxyl groups excluding tert-OH is 1. The van der Waals surface area contributed by atoms with E-state index in [1.165, 1.54) is 0 Å². The van der Waals surface area contributed by atoms with Crippen LogP contribution in [0.25, 0.3) is 10.8 Å². The van der Waals surface area contributed by atoms with Gasteiger partial charge in [-0.2, -0.15) is 0 Å². The topological polar surface area (TPSA) is 53.1 Å². The van der Waals surface area contributed by atoms with Crippen molar-refractivity contribution in [3.05, 3.63) is 46.4 Å². The van der Waals surface area contributed by atoms with Gasteiger partial charge in [0.25, 0.3) is 0 Å². The summed E-state index contributed by atoms with van der Waals surface area (Å²) in [5, 5.41) is 10.5. The van der Waals surface area contributed by atoms with E-state index >= 15 is 0 Å². The van der Waals surface area contributed by atoms with E-state index in [1.807, 2.05) is 18.2 Å². The minimum absolute atomic E-state index is 0.0697. The molecular formula is C13H11NO2. The Bertz CT molecular complexity index is 617. The number of aliphatic hydroxyl groups is 1. The molecule has 0 spiro atoms. The van der Waals surface area contributed by atoms with E-state index in [2.05, 4.69) is 16.8 Å². The van der Waals surface area contributed by atoms with Crippen LogP contribution in [0.4, 0.5) is 0 Å². The zero-order valence-electron chi connectivity index (χ0n) is 8.66. The molecule has 0 unspecified atom stereocenters. The molecule has 0 bridgehead atoms. The summed E-state index contributed by atoms with van der Waals surface area (Å²) in [7, 11) is 0. The highest BCUT2D eigenvalue weighted by Crippen LogP contribution is 2.12. The Hall–Kier alpha value is -2.05. The lowest BCUT2D eigenvalue weighted by Crippen LogP contribution is -2.01. The predicted molar refractivity (Wildman–Crippen MR) is 63.1 cm³/mol. The van der Waals surface area contributed by atoms with Gasteiger partial charge in [0, 0.05) is 24.2 Å². The van der Waals surface area contributed by atoms with Crippen LogP contribution in [0.2, 0.25) is 0 Å². The number of hydrogen-bond acceptors (Lipinski definition) is 2. The minimum atomic E-state index is -0.118. The molecule has 1 aromatic heterocycles. The van der Waals surface area contributed by atoms with Gasteiger partial charge in [-0.1, -0.05) is 17.9 Å². The van der Waals surface area contributed by atoms with Gasteiger partial charge in [0.15, 0.2) is 0 Å². The zero-order valence-corrected chi connectivity index (χ0v) is 8.66. The molecule has 0 atom stereocenters. The van der Waals surface area contributed by atoms with E-state index in [4.69, 9.17) is 5.11 Å². The largest absolute Gasteiger partial charge is 0.395 e.